The number of halogens is 2. The number of quaternary nitrogens is 1. The summed E-state index contributed by atoms with van der Waals surface area (Å²) in [6, 6.07) is 3.32. The molecule has 0 unspecified atom stereocenters. The van der Waals surface area contributed by atoms with Gasteiger partial charge in [0.05, 0.1) is 0 Å². The maximum atomic E-state index is 12.9. The first-order chi connectivity index (χ1) is 6.16. The fourth-order valence-corrected chi connectivity index (χ4v) is 0.901. The number of amides is 1. The molecule has 0 heterocycles. The lowest BCUT2D eigenvalue weighted by Crippen LogP contribution is -2.85. The average molecular weight is 206 g/mol. The van der Waals surface area contributed by atoms with Crippen molar-refractivity contribution in [3.05, 3.63) is 35.4 Å². The second-order valence-corrected chi connectivity index (χ2v) is 2.40. The summed E-state index contributed by atoms with van der Waals surface area (Å²) >= 11 is 3.28. The molecule has 0 saturated heterocycles. The highest BCUT2D eigenvalue weighted by Gasteiger charge is 2.18. The van der Waals surface area contributed by atoms with Crippen LogP contribution >= 0.6 is 12.9 Å². The van der Waals surface area contributed by atoms with E-state index in [1.54, 1.807) is 0 Å². The highest BCUT2D eigenvalue weighted by Crippen LogP contribution is 2.09. The van der Waals surface area contributed by atoms with Crippen LogP contribution in [0.4, 0.5) is 8.78 Å². The van der Waals surface area contributed by atoms with Crippen molar-refractivity contribution < 1.29 is 23.3 Å². The van der Waals surface area contributed by atoms with Crippen molar-refractivity contribution in [2.45, 2.75) is 0 Å². The Morgan fingerprint density at radius 1 is 1.46 bits per heavy atom. The molecule has 0 aliphatic rings. The van der Waals surface area contributed by atoms with Crippen molar-refractivity contribution >= 4 is 18.8 Å². The van der Waals surface area contributed by atoms with E-state index in [4.69, 9.17) is 0 Å². The zero-order valence-electron chi connectivity index (χ0n) is 6.33. The van der Waals surface area contributed by atoms with Crippen LogP contribution in [0.25, 0.3) is 0 Å². The maximum Gasteiger partial charge on any atom is 0.378 e. The van der Waals surface area contributed by atoms with E-state index in [1.807, 2.05) is 0 Å². The summed E-state index contributed by atoms with van der Waals surface area (Å²) in [5.41, 5.74) is 0.301. The van der Waals surface area contributed by atoms with Gasteiger partial charge in [0.2, 0.25) is 0 Å². The van der Waals surface area contributed by atoms with Crippen LogP contribution in [-0.4, -0.2) is 5.91 Å². The second-order valence-electron chi connectivity index (χ2n) is 2.19. The Hall–Kier alpha value is -0.980. The zero-order valence-corrected chi connectivity index (χ0v) is 7.22. The number of hydrogen-bond acceptors (Lipinski definition) is 3. The van der Waals surface area contributed by atoms with Crippen molar-refractivity contribution in [2.24, 2.45) is 0 Å². The Morgan fingerprint density at radius 2 is 2.15 bits per heavy atom. The van der Waals surface area contributed by atoms with E-state index in [1.165, 1.54) is 6.07 Å². The van der Waals surface area contributed by atoms with Gasteiger partial charge in [-0.3, -0.25) is 0 Å². The Balaban J connectivity index is 3.01. The first-order valence-electron chi connectivity index (χ1n) is 3.28. The molecular weight excluding hydrogens is 200 g/mol. The molecule has 1 amide bonds. The van der Waals surface area contributed by atoms with Crippen LogP contribution in [0.15, 0.2) is 18.2 Å². The minimum Gasteiger partial charge on any atom is -0.222 e. The molecule has 0 fully saturated rings. The summed E-state index contributed by atoms with van der Waals surface area (Å²) in [6.45, 7) is 0. The van der Waals surface area contributed by atoms with Gasteiger partial charge in [0.15, 0.2) is 11.6 Å². The molecule has 0 radical (unpaired) electrons. The molecule has 1 aromatic carbocycles. The van der Waals surface area contributed by atoms with Gasteiger partial charge in [-0.05, 0) is 12.1 Å². The van der Waals surface area contributed by atoms with Gasteiger partial charge in [0, 0.05) is 12.9 Å². The number of thiol groups is 1. The number of nitrogens with two attached hydrogens (primary N) is 1. The average Bonchev–Trinajstić information content (AvgIpc) is 2.10. The van der Waals surface area contributed by atoms with Crippen LogP contribution < -0.4 is 5.48 Å². The number of rotatable bonds is 2. The molecule has 3 nitrogen and oxygen atoms in total. The quantitative estimate of drug-likeness (QED) is 0.419. The monoisotopic (exact) mass is 206 g/mol. The molecule has 0 saturated carbocycles. The lowest BCUT2D eigenvalue weighted by Gasteiger charge is -1.97. The van der Waals surface area contributed by atoms with Crippen LogP contribution in [0, 0.1) is 11.6 Å². The van der Waals surface area contributed by atoms with Gasteiger partial charge in [-0.15, -0.1) is 9.76 Å². The SMILES string of the molecule is O=C([NH2+]OS)c1cccc(F)c1F. The summed E-state index contributed by atoms with van der Waals surface area (Å²) in [7, 11) is 0. The van der Waals surface area contributed by atoms with Crippen molar-refractivity contribution in [3.63, 3.8) is 0 Å². The van der Waals surface area contributed by atoms with E-state index in [0.29, 0.717) is 5.48 Å². The molecule has 1 aromatic rings. The number of hydroxylamine groups is 1. The van der Waals surface area contributed by atoms with E-state index < -0.39 is 17.5 Å². The van der Waals surface area contributed by atoms with Gasteiger partial charge in [-0.25, -0.2) is 13.6 Å². The molecular formula is C7H6F2NO2S+. The van der Waals surface area contributed by atoms with Gasteiger partial charge < -0.3 is 0 Å². The highest BCUT2D eigenvalue weighted by atomic mass is 32.1. The first kappa shape index (κ1) is 10.1. The molecule has 0 aliphatic carbocycles. The molecule has 2 N–H and O–H groups in total. The van der Waals surface area contributed by atoms with Crippen molar-refractivity contribution in [1.29, 1.82) is 0 Å². The number of hydrogen-bond donors (Lipinski definition) is 2. The standard InChI is InChI=1S/C7H5F2NO2S/c8-5-3-1-2-4(6(5)9)7(11)10-12-13/h1-3,13H,(H,10,11)/p+1. The Kier molecular flexibility index (Phi) is 3.35. The topological polar surface area (TPSA) is 42.9 Å². The van der Waals surface area contributed by atoms with Crippen molar-refractivity contribution in [3.8, 4) is 0 Å². The van der Waals surface area contributed by atoms with Gasteiger partial charge in [0.1, 0.15) is 5.56 Å². The van der Waals surface area contributed by atoms with Gasteiger partial charge in [0.25, 0.3) is 0 Å². The third-order valence-electron chi connectivity index (χ3n) is 1.38. The third kappa shape index (κ3) is 2.24. The summed E-state index contributed by atoms with van der Waals surface area (Å²) in [4.78, 5) is 11.0. The summed E-state index contributed by atoms with van der Waals surface area (Å²) in [5, 5.41) is 0. The smallest absolute Gasteiger partial charge is 0.222 e. The van der Waals surface area contributed by atoms with E-state index in [2.05, 4.69) is 17.2 Å². The number of carbonyl (C=O) groups excluding carboxylic acids is 1. The minimum absolute atomic E-state index is 0.381. The number of benzene rings is 1. The Labute approximate surface area is 78.3 Å². The summed E-state index contributed by atoms with van der Waals surface area (Å²) in [6.07, 6.45) is 0. The zero-order chi connectivity index (χ0) is 9.84. The van der Waals surface area contributed by atoms with Crippen LogP contribution in [-0.2, 0) is 4.28 Å². The lowest BCUT2D eigenvalue weighted by atomic mass is 10.2. The van der Waals surface area contributed by atoms with Crippen LogP contribution in [0.5, 0.6) is 0 Å². The van der Waals surface area contributed by atoms with Crippen LogP contribution in [0.1, 0.15) is 10.4 Å². The normalized spacial score (nSPS) is 10.1. The maximum absolute atomic E-state index is 12.9. The van der Waals surface area contributed by atoms with Crippen LogP contribution in [0.3, 0.4) is 0 Å². The molecule has 1 rings (SSSR count). The lowest BCUT2D eigenvalue weighted by molar-refractivity contribution is -0.774. The third-order valence-corrected chi connectivity index (χ3v) is 1.48. The molecule has 70 valence electrons. The van der Waals surface area contributed by atoms with E-state index in [-0.39, 0.29) is 5.56 Å². The number of carbonyl (C=O) groups is 1. The highest BCUT2D eigenvalue weighted by molar-refractivity contribution is 7.74. The fraction of sp³-hybridized carbons (Fsp3) is 0. The van der Waals surface area contributed by atoms with Gasteiger partial charge in [-0.2, -0.15) is 0 Å². The predicted octanol–water partition coefficient (Wildman–Crippen LogP) is 0.445. The molecule has 6 heteroatoms. The molecule has 0 aliphatic heterocycles. The van der Waals surface area contributed by atoms with Crippen molar-refractivity contribution in [2.75, 3.05) is 0 Å². The van der Waals surface area contributed by atoms with E-state index in [9.17, 15) is 13.6 Å². The first-order valence-corrected chi connectivity index (χ1v) is 3.65. The second kappa shape index (κ2) is 4.31. The fourth-order valence-electron chi connectivity index (χ4n) is 0.805. The van der Waals surface area contributed by atoms with Gasteiger partial charge in [-0.1, -0.05) is 6.07 Å². The van der Waals surface area contributed by atoms with Gasteiger partial charge >= 0.3 is 5.91 Å². The Morgan fingerprint density at radius 3 is 2.77 bits per heavy atom. The largest absolute Gasteiger partial charge is 0.378 e. The van der Waals surface area contributed by atoms with Crippen LogP contribution in [0.2, 0.25) is 0 Å². The minimum atomic E-state index is -1.19. The molecule has 0 spiro atoms. The predicted molar refractivity (Wildman–Crippen MR) is 42.7 cm³/mol. The molecule has 0 atom stereocenters. The molecule has 13 heavy (non-hydrogen) atoms. The van der Waals surface area contributed by atoms with E-state index in [0.717, 1.165) is 12.1 Å². The summed E-state index contributed by atoms with van der Waals surface area (Å²) in [5.74, 6) is -3.03. The van der Waals surface area contributed by atoms with Crippen molar-refractivity contribution in [1.82, 2.24) is 0 Å². The molecule has 0 aromatic heterocycles. The summed E-state index contributed by atoms with van der Waals surface area (Å²) < 4.78 is 29.5. The molecule has 0 bridgehead atoms. The number of primary amides is 1. The Bertz CT molecular complexity index is 332. The van der Waals surface area contributed by atoms with E-state index >= 15 is 0 Å².